The largest absolute Gasteiger partial charge is 0.324 e. The van der Waals surface area contributed by atoms with E-state index in [2.05, 4.69) is 15.4 Å². The summed E-state index contributed by atoms with van der Waals surface area (Å²) in [5.41, 5.74) is 3.10. The Morgan fingerprint density at radius 2 is 2.07 bits per heavy atom. The number of fused-ring (bicyclic) bond motifs is 1. The van der Waals surface area contributed by atoms with E-state index in [1.807, 2.05) is 20.0 Å². The molecule has 0 bridgehead atoms. The number of aromatic nitrogens is 3. The minimum Gasteiger partial charge on any atom is -0.324 e. The normalized spacial score (nSPS) is 16.8. The average Bonchev–Trinajstić information content (AvgIpc) is 3.18. The fraction of sp³-hybridized carbons (Fsp3) is 0.300. The maximum Gasteiger partial charge on any atom is 0.229 e. The van der Waals surface area contributed by atoms with Gasteiger partial charge in [0.1, 0.15) is 5.82 Å². The second-order valence-electron chi connectivity index (χ2n) is 7.13. The number of hydrogen-bond acceptors (Lipinski definition) is 4. The molecule has 3 aromatic rings. The average molecular weight is 381 g/mol. The Morgan fingerprint density at radius 1 is 1.29 bits per heavy atom. The Bertz CT molecular complexity index is 1110. The predicted octanol–water partition coefficient (Wildman–Crippen LogP) is 2.72. The monoisotopic (exact) mass is 381 g/mol. The summed E-state index contributed by atoms with van der Waals surface area (Å²) in [5.74, 6) is -1.34. The van der Waals surface area contributed by atoms with Gasteiger partial charge in [-0.15, -0.1) is 0 Å². The first-order valence-corrected chi connectivity index (χ1v) is 9.00. The van der Waals surface area contributed by atoms with Crippen molar-refractivity contribution in [3.63, 3.8) is 0 Å². The van der Waals surface area contributed by atoms with Crippen LogP contribution in [0.5, 0.6) is 0 Å². The molecule has 0 unspecified atom stereocenters. The molecular weight excluding hydrogens is 361 g/mol. The molecule has 144 valence electrons. The van der Waals surface area contributed by atoms with Gasteiger partial charge in [-0.05, 0) is 37.6 Å². The molecule has 0 aliphatic carbocycles. The summed E-state index contributed by atoms with van der Waals surface area (Å²) < 4.78 is 15.5. The van der Waals surface area contributed by atoms with E-state index in [4.69, 9.17) is 0 Å². The van der Waals surface area contributed by atoms with Crippen LogP contribution in [0.15, 0.2) is 30.5 Å². The summed E-state index contributed by atoms with van der Waals surface area (Å²) in [4.78, 5) is 30.8. The molecule has 1 N–H and O–H groups in total. The van der Waals surface area contributed by atoms with Gasteiger partial charge in [0.15, 0.2) is 5.65 Å². The number of nitrogens with one attached hydrogen (secondary N) is 1. The topological polar surface area (TPSA) is 80.1 Å². The van der Waals surface area contributed by atoms with Gasteiger partial charge in [-0.2, -0.15) is 5.10 Å². The number of rotatable bonds is 3. The van der Waals surface area contributed by atoms with Crippen molar-refractivity contribution >= 4 is 34.2 Å². The molecule has 4 rings (SSSR count). The van der Waals surface area contributed by atoms with Crippen molar-refractivity contribution < 1.29 is 14.0 Å². The highest BCUT2D eigenvalue weighted by Crippen LogP contribution is 2.28. The first kappa shape index (κ1) is 18.1. The van der Waals surface area contributed by atoms with Crippen LogP contribution in [0.4, 0.5) is 15.8 Å². The van der Waals surface area contributed by atoms with Crippen LogP contribution < -0.4 is 10.2 Å². The highest BCUT2D eigenvalue weighted by molar-refractivity contribution is 6.03. The highest BCUT2D eigenvalue weighted by Gasteiger charge is 2.35. The zero-order valence-corrected chi connectivity index (χ0v) is 15.9. The molecule has 2 amide bonds. The molecule has 1 fully saturated rings. The standard InChI is InChI=1S/C20H20FN5O2/c1-11-4-5-15(8-17(11)21)26-10-13(6-18(26)27)20(28)23-14-7-16-12(2)24-25(3)19(16)22-9-14/h4-5,7-9,13H,6,10H2,1-3H3,(H,23,28)/t13-/m0/s1. The number of carbonyl (C=O) groups is 2. The van der Waals surface area contributed by atoms with E-state index in [-0.39, 0.29) is 30.6 Å². The van der Waals surface area contributed by atoms with Crippen LogP contribution in [-0.2, 0) is 16.6 Å². The van der Waals surface area contributed by atoms with Gasteiger partial charge < -0.3 is 10.2 Å². The van der Waals surface area contributed by atoms with E-state index in [1.165, 1.54) is 11.0 Å². The van der Waals surface area contributed by atoms with Crippen LogP contribution in [0.2, 0.25) is 0 Å². The molecule has 1 atom stereocenters. The zero-order chi connectivity index (χ0) is 20.0. The van der Waals surface area contributed by atoms with Crippen LogP contribution >= 0.6 is 0 Å². The number of halogens is 1. The van der Waals surface area contributed by atoms with Crippen molar-refractivity contribution in [1.29, 1.82) is 0 Å². The number of anilines is 2. The van der Waals surface area contributed by atoms with Crippen LogP contribution in [0.3, 0.4) is 0 Å². The lowest BCUT2D eigenvalue weighted by atomic mass is 10.1. The van der Waals surface area contributed by atoms with Crippen LogP contribution in [0, 0.1) is 25.6 Å². The van der Waals surface area contributed by atoms with E-state index >= 15 is 0 Å². The van der Waals surface area contributed by atoms with Gasteiger partial charge in [0.2, 0.25) is 11.8 Å². The van der Waals surface area contributed by atoms with Gasteiger partial charge in [-0.25, -0.2) is 9.37 Å². The number of nitrogens with zero attached hydrogens (tertiary/aromatic N) is 4. The SMILES string of the molecule is Cc1ccc(N2C[C@@H](C(=O)Nc3cnc4c(c3)c(C)nn4C)CC2=O)cc1F. The molecule has 0 spiro atoms. The van der Waals surface area contributed by atoms with Gasteiger partial charge >= 0.3 is 0 Å². The molecule has 0 saturated carbocycles. The second-order valence-corrected chi connectivity index (χ2v) is 7.13. The number of carbonyl (C=O) groups excluding carboxylic acids is 2. The molecule has 1 aliphatic heterocycles. The quantitative estimate of drug-likeness (QED) is 0.757. The molecule has 3 heterocycles. The first-order valence-electron chi connectivity index (χ1n) is 9.00. The van der Waals surface area contributed by atoms with Crippen LogP contribution in [0.1, 0.15) is 17.7 Å². The lowest BCUT2D eigenvalue weighted by molar-refractivity contribution is -0.122. The molecule has 8 heteroatoms. The predicted molar refractivity (Wildman–Crippen MR) is 103 cm³/mol. The molecule has 1 aromatic carbocycles. The summed E-state index contributed by atoms with van der Waals surface area (Å²) >= 11 is 0. The number of benzene rings is 1. The number of hydrogen-bond donors (Lipinski definition) is 1. The maximum atomic E-state index is 13.8. The smallest absolute Gasteiger partial charge is 0.229 e. The summed E-state index contributed by atoms with van der Waals surface area (Å²) in [6.07, 6.45) is 1.66. The molecule has 28 heavy (non-hydrogen) atoms. The second kappa shape index (κ2) is 6.70. The lowest BCUT2D eigenvalue weighted by Gasteiger charge is -2.17. The van der Waals surface area contributed by atoms with Crippen molar-refractivity contribution in [1.82, 2.24) is 14.8 Å². The van der Waals surface area contributed by atoms with Crippen molar-refractivity contribution in [3.8, 4) is 0 Å². The Hall–Kier alpha value is -3.29. The van der Waals surface area contributed by atoms with Crippen molar-refractivity contribution in [3.05, 3.63) is 47.5 Å². The Kier molecular flexibility index (Phi) is 4.33. The number of pyridine rings is 1. The third kappa shape index (κ3) is 3.11. The van der Waals surface area contributed by atoms with Crippen molar-refractivity contribution in [2.75, 3.05) is 16.8 Å². The van der Waals surface area contributed by atoms with E-state index in [0.29, 0.717) is 16.9 Å². The third-order valence-corrected chi connectivity index (χ3v) is 5.09. The first-order chi connectivity index (χ1) is 13.3. The molecule has 7 nitrogen and oxygen atoms in total. The fourth-order valence-corrected chi connectivity index (χ4v) is 3.50. The van der Waals surface area contributed by atoms with Gasteiger partial charge in [0.05, 0.1) is 23.5 Å². The maximum absolute atomic E-state index is 13.8. The van der Waals surface area contributed by atoms with Crippen molar-refractivity contribution in [2.24, 2.45) is 13.0 Å². The minimum absolute atomic E-state index is 0.0862. The molecule has 0 radical (unpaired) electrons. The fourth-order valence-electron chi connectivity index (χ4n) is 3.50. The Labute approximate surface area is 161 Å². The zero-order valence-electron chi connectivity index (χ0n) is 15.9. The lowest BCUT2D eigenvalue weighted by Crippen LogP contribution is -2.28. The summed E-state index contributed by atoms with van der Waals surface area (Å²) in [7, 11) is 1.81. The van der Waals surface area contributed by atoms with Crippen molar-refractivity contribution in [2.45, 2.75) is 20.3 Å². The van der Waals surface area contributed by atoms with Gasteiger partial charge in [-0.3, -0.25) is 14.3 Å². The van der Waals surface area contributed by atoms with E-state index < -0.39 is 5.92 Å². The minimum atomic E-state index is -0.512. The molecule has 1 saturated heterocycles. The van der Waals surface area contributed by atoms with E-state index in [9.17, 15) is 14.0 Å². The Morgan fingerprint density at radius 3 is 2.82 bits per heavy atom. The van der Waals surface area contributed by atoms with Crippen LogP contribution in [0.25, 0.3) is 11.0 Å². The number of amides is 2. The van der Waals surface area contributed by atoms with Crippen LogP contribution in [-0.4, -0.2) is 33.1 Å². The van der Waals surface area contributed by atoms with E-state index in [0.717, 1.165) is 16.7 Å². The highest BCUT2D eigenvalue weighted by atomic mass is 19.1. The molecule has 1 aliphatic rings. The van der Waals surface area contributed by atoms with Gasteiger partial charge in [0, 0.05) is 31.1 Å². The third-order valence-electron chi connectivity index (χ3n) is 5.09. The van der Waals surface area contributed by atoms with Gasteiger partial charge in [0.25, 0.3) is 0 Å². The summed E-state index contributed by atoms with van der Waals surface area (Å²) in [6, 6.07) is 6.48. The summed E-state index contributed by atoms with van der Waals surface area (Å²) in [5, 5.41) is 8.01. The molecule has 2 aromatic heterocycles. The number of aryl methyl sites for hydroxylation is 3. The Balaban J connectivity index is 1.50. The van der Waals surface area contributed by atoms with Gasteiger partial charge in [-0.1, -0.05) is 6.07 Å². The summed E-state index contributed by atoms with van der Waals surface area (Å²) in [6.45, 7) is 3.76. The van der Waals surface area contributed by atoms with E-state index in [1.54, 1.807) is 29.9 Å². The molecular formula is C20H20FN5O2.